The van der Waals surface area contributed by atoms with Crippen LogP contribution in [0.1, 0.15) is 5.56 Å². The molecule has 0 aromatic heterocycles. The van der Waals surface area contributed by atoms with Gasteiger partial charge in [-0.1, -0.05) is 6.07 Å². The van der Waals surface area contributed by atoms with E-state index in [-0.39, 0.29) is 4.90 Å². The molecule has 2 aromatic carbocycles. The molecule has 0 aliphatic carbocycles. The molecule has 0 unspecified atom stereocenters. The molecule has 0 saturated carbocycles. The fourth-order valence-corrected chi connectivity index (χ4v) is 3.46. The predicted molar refractivity (Wildman–Crippen MR) is 80.2 cm³/mol. The number of benzene rings is 2. The normalized spacial score (nSPS) is 11.3. The fourth-order valence-electron chi connectivity index (χ4n) is 1.73. The molecule has 3 nitrogen and oxygen atoms in total. The minimum Gasteiger partial charge on any atom is -0.280 e. The number of thioether (sulfide) groups is 1. The summed E-state index contributed by atoms with van der Waals surface area (Å²) in [5, 5.41) is 0. The average Bonchev–Trinajstić information content (AvgIpc) is 2.42. The Morgan fingerprint density at radius 1 is 1.10 bits per heavy atom. The zero-order valence-electron chi connectivity index (χ0n) is 11.1. The van der Waals surface area contributed by atoms with Gasteiger partial charge < -0.3 is 0 Å². The van der Waals surface area contributed by atoms with E-state index in [1.807, 2.05) is 18.4 Å². The molecule has 0 radical (unpaired) electrons. The number of sulfonamides is 1. The number of aryl methyl sites for hydroxylation is 1. The van der Waals surface area contributed by atoms with Crippen LogP contribution in [-0.2, 0) is 10.0 Å². The number of hydrogen-bond donors (Lipinski definition) is 1. The van der Waals surface area contributed by atoms with Crippen molar-refractivity contribution < 1.29 is 12.8 Å². The Bertz CT molecular complexity index is 712. The summed E-state index contributed by atoms with van der Waals surface area (Å²) in [6, 6.07) is 10.7. The van der Waals surface area contributed by atoms with Crippen molar-refractivity contribution in [2.75, 3.05) is 11.0 Å². The van der Waals surface area contributed by atoms with Crippen molar-refractivity contribution in [2.45, 2.75) is 16.7 Å². The van der Waals surface area contributed by atoms with Crippen molar-refractivity contribution in [1.82, 2.24) is 0 Å². The quantitative estimate of drug-likeness (QED) is 0.877. The Morgan fingerprint density at radius 2 is 1.75 bits per heavy atom. The second kappa shape index (κ2) is 5.85. The number of nitrogens with one attached hydrogen (secondary N) is 1. The number of halogens is 1. The van der Waals surface area contributed by atoms with Crippen LogP contribution in [0.25, 0.3) is 0 Å². The van der Waals surface area contributed by atoms with Crippen LogP contribution < -0.4 is 4.72 Å². The monoisotopic (exact) mass is 311 g/mol. The number of anilines is 1. The zero-order chi connectivity index (χ0) is 14.8. The van der Waals surface area contributed by atoms with Crippen LogP contribution in [0.15, 0.2) is 52.3 Å². The van der Waals surface area contributed by atoms with E-state index in [9.17, 15) is 12.8 Å². The molecule has 0 atom stereocenters. The molecule has 0 aliphatic rings. The van der Waals surface area contributed by atoms with Gasteiger partial charge in [-0.2, -0.15) is 0 Å². The van der Waals surface area contributed by atoms with Crippen molar-refractivity contribution >= 4 is 27.5 Å². The van der Waals surface area contributed by atoms with Crippen molar-refractivity contribution in [3.63, 3.8) is 0 Å². The van der Waals surface area contributed by atoms with Crippen molar-refractivity contribution in [1.29, 1.82) is 0 Å². The molecule has 6 heteroatoms. The Balaban J connectivity index is 2.32. The van der Waals surface area contributed by atoms with Gasteiger partial charge in [-0.25, -0.2) is 12.8 Å². The SMILES string of the molecule is CSc1ccc(NS(=O)(=O)c2cc(F)ccc2C)cc1. The van der Waals surface area contributed by atoms with Crippen LogP contribution >= 0.6 is 11.8 Å². The van der Waals surface area contributed by atoms with Crippen LogP contribution in [-0.4, -0.2) is 14.7 Å². The average molecular weight is 311 g/mol. The highest BCUT2D eigenvalue weighted by Crippen LogP contribution is 2.22. The Kier molecular flexibility index (Phi) is 4.35. The van der Waals surface area contributed by atoms with Gasteiger partial charge in [0.15, 0.2) is 0 Å². The highest BCUT2D eigenvalue weighted by molar-refractivity contribution is 7.98. The molecule has 0 saturated heterocycles. The lowest BCUT2D eigenvalue weighted by Gasteiger charge is -2.10. The fraction of sp³-hybridized carbons (Fsp3) is 0.143. The molecule has 20 heavy (non-hydrogen) atoms. The van der Waals surface area contributed by atoms with Crippen LogP contribution in [0.3, 0.4) is 0 Å². The van der Waals surface area contributed by atoms with Gasteiger partial charge in [0.1, 0.15) is 5.82 Å². The first-order valence-corrected chi connectivity index (χ1v) is 8.56. The van der Waals surface area contributed by atoms with E-state index >= 15 is 0 Å². The largest absolute Gasteiger partial charge is 0.280 e. The van der Waals surface area contributed by atoms with Crippen molar-refractivity contribution in [3.05, 3.63) is 53.8 Å². The third kappa shape index (κ3) is 3.32. The van der Waals surface area contributed by atoms with Gasteiger partial charge in [-0.15, -0.1) is 11.8 Å². The van der Waals surface area contributed by atoms with Gasteiger partial charge in [0, 0.05) is 10.6 Å². The molecule has 106 valence electrons. The van der Waals surface area contributed by atoms with Crippen LogP contribution in [0.5, 0.6) is 0 Å². The first-order valence-electron chi connectivity index (χ1n) is 5.85. The zero-order valence-corrected chi connectivity index (χ0v) is 12.7. The van der Waals surface area contributed by atoms with E-state index in [1.165, 1.54) is 12.1 Å². The van der Waals surface area contributed by atoms with Crippen LogP contribution in [0.2, 0.25) is 0 Å². The van der Waals surface area contributed by atoms with E-state index in [4.69, 9.17) is 0 Å². The lowest BCUT2D eigenvalue weighted by atomic mass is 10.2. The molecule has 0 amide bonds. The summed E-state index contributed by atoms with van der Waals surface area (Å²) in [6.07, 6.45) is 1.94. The third-order valence-corrected chi connectivity index (χ3v) is 5.05. The number of hydrogen-bond acceptors (Lipinski definition) is 3. The lowest BCUT2D eigenvalue weighted by Crippen LogP contribution is -2.14. The van der Waals surface area contributed by atoms with E-state index in [2.05, 4.69) is 4.72 Å². The second-order valence-electron chi connectivity index (χ2n) is 4.24. The summed E-state index contributed by atoms with van der Waals surface area (Å²) < 4.78 is 40.2. The van der Waals surface area contributed by atoms with Crippen LogP contribution in [0.4, 0.5) is 10.1 Å². The summed E-state index contributed by atoms with van der Waals surface area (Å²) in [6.45, 7) is 1.63. The standard InChI is InChI=1S/C14H14FNO2S2/c1-10-3-4-11(15)9-14(10)20(17,18)16-12-5-7-13(19-2)8-6-12/h3-9,16H,1-2H3. The van der Waals surface area contributed by atoms with Gasteiger partial charge in [0.25, 0.3) is 10.0 Å². The minimum atomic E-state index is -3.78. The van der Waals surface area contributed by atoms with Gasteiger partial charge >= 0.3 is 0 Å². The highest BCUT2D eigenvalue weighted by Gasteiger charge is 2.17. The Hall–Kier alpha value is -1.53. The molecule has 0 bridgehead atoms. The van der Waals surface area contributed by atoms with Crippen molar-refractivity contribution in [3.8, 4) is 0 Å². The first kappa shape index (κ1) is 14.9. The van der Waals surface area contributed by atoms with Crippen LogP contribution in [0, 0.1) is 12.7 Å². The maximum Gasteiger partial charge on any atom is 0.262 e. The van der Waals surface area contributed by atoms with Gasteiger partial charge in [0.05, 0.1) is 4.90 Å². The Labute approximate surface area is 122 Å². The third-order valence-electron chi connectivity index (χ3n) is 2.78. The smallest absolute Gasteiger partial charge is 0.262 e. The summed E-state index contributed by atoms with van der Waals surface area (Å²) in [5.41, 5.74) is 0.950. The highest BCUT2D eigenvalue weighted by atomic mass is 32.2. The maximum atomic E-state index is 13.2. The molecule has 0 aliphatic heterocycles. The summed E-state index contributed by atoms with van der Waals surface area (Å²) in [4.78, 5) is 0.987. The second-order valence-corrected chi connectivity index (χ2v) is 6.77. The van der Waals surface area contributed by atoms with Gasteiger partial charge in [-0.05, 0) is 55.1 Å². The molecule has 1 N–H and O–H groups in total. The molecule has 0 heterocycles. The maximum absolute atomic E-state index is 13.2. The first-order chi connectivity index (χ1) is 9.42. The van der Waals surface area contributed by atoms with Gasteiger partial charge in [0.2, 0.25) is 0 Å². The summed E-state index contributed by atoms with van der Waals surface area (Å²) >= 11 is 1.57. The number of rotatable bonds is 4. The van der Waals surface area contributed by atoms with Gasteiger partial charge in [-0.3, -0.25) is 4.72 Å². The summed E-state index contributed by atoms with van der Waals surface area (Å²) in [7, 11) is -3.78. The topological polar surface area (TPSA) is 46.2 Å². The van der Waals surface area contributed by atoms with E-state index in [0.717, 1.165) is 11.0 Å². The van der Waals surface area contributed by atoms with E-state index < -0.39 is 15.8 Å². The molecular weight excluding hydrogens is 297 g/mol. The molecule has 2 aromatic rings. The lowest BCUT2D eigenvalue weighted by molar-refractivity contribution is 0.594. The molecular formula is C14H14FNO2S2. The molecule has 0 spiro atoms. The molecule has 2 rings (SSSR count). The van der Waals surface area contributed by atoms with Crippen molar-refractivity contribution in [2.24, 2.45) is 0 Å². The summed E-state index contributed by atoms with van der Waals surface area (Å²) in [5.74, 6) is -0.575. The minimum absolute atomic E-state index is 0.0496. The van der Waals surface area contributed by atoms with E-state index in [1.54, 1.807) is 30.8 Å². The Morgan fingerprint density at radius 3 is 2.35 bits per heavy atom. The predicted octanol–water partition coefficient (Wildman–Crippen LogP) is 3.66. The van der Waals surface area contributed by atoms with E-state index in [0.29, 0.717) is 11.3 Å². The molecule has 0 fully saturated rings.